The molecule has 2 rings (SSSR count). The molecule has 0 aliphatic rings. The van der Waals surface area contributed by atoms with Crippen LogP contribution in [0.3, 0.4) is 0 Å². The highest BCUT2D eigenvalue weighted by Gasteiger charge is 2.17. The Kier molecular flexibility index (Phi) is 6.30. The molecule has 0 bridgehead atoms. The van der Waals surface area contributed by atoms with Gasteiger partial charge in [-0.25, -0.2) is 32.5 Å². The lowest BCUT2D eigenvalue weighted by Crippen LogP contribution is -2.55. The van der Waals surface area contributed by atoms with E-state index in [1.165, 1.54) is 24.3 Å². The summed E-state index contributed by atoms with van der Waals surface area (Å²) in [5.74, 6) is -1.58. The van der Waals surface area contributed by atoms with E-state index < -0.39 is 35.3 Å². The molecular formula is C17H16ClFN4O4. The van der Waals surface area contributed by atoms with Crippen LogP contribution in [0.2, 0.25) is 5.02 Å². The summed E-state index contributed by atoms with van der Waals surface area (Å²) in [6, 6.07) is 3.55. The monoisotopic (exact) mass is 394 g/mol. The molecule has 1 aromatic heterocycles. The predicted molar refractivity (Wildman–Crippen MR) is 99.7 cm³/mol. The van der Waals surface area contributed by atoms with Gasteiger partial charge < -0.3 is 5.32 Å². The molecule has 1 heterocycles. The SMILES string of the molecule is C=CCn1c(=O)n(CC=C)c(=O)n(CC(=O)Nc2cc(Cl)ccc2F)c1=O. The first-order valence-corrected chi connectivity index (χ1v) is 8.09. The van der Waals surface area contributed by atoms with Crippen LogP contribution in [0.5, 0.6) is 0 Å². The first-order valence-electron chi connectivity index (χ1n) is 7.71. The molecule has 0 fully saturated rings. The normalized spacial score (nSPS) is 10.4. The average molecular weight is 395 g/mol. The van der Waals surface area contributed by atoms with E-state index in [9.17, 15) is 23.6 Å². The van der Waals surface area contributed by atoms with Gasteiger partial charge in [0.25, 0.3) is 0 Å². The van der Waals surface area contributed by atoms with Crippen molar-refractivity contribution in [2.75, 3.05) is 5.32 Å². The number of carbonyl (C=O) groups is 1. The van der Waals surface area contributed by atoms with E-state index in [1.807, 2.05) is 0 Å². The lowest BCUT2D eigenvalue weighted by molar-refractivity contribution is -0.116. The standard InChI is InChI=1S/C17H16ClFN4O4/c1-3-7-21-15(25)22(8-4-2)17(27)23(16(21)26)10-14(24)20-13-9-11(18)5-6-12(13)19/h3-6,9H,1-2,7-8,10H2,(H,20,24). The third-order valence-electron chi connectivity index (χ3n) is 3.51. The molecule has 10 heteroatoms. The Hall–Kier alpha value is -3.20. The van der Waals surface area contributed by atoms with Crippen LogP contribution < -0.4 is 22.4 Å². The zero-order valence-corrected chi connectivity index (χ0v) is 14.9. The first kappa shape index (κ1) is 20.1. The number of amides is 1. The highest BCUT2D eigenvalue weighted by molar-refractivity contribution is 6.30. The van der Waals surface area contributed by atoms with Crippen LogP contribution in [-0.4, -0.2) is 19.6 Å². The van der Waals surface area contributed by atoms with Gasteiger partial charge in [0.05, 0.1) is 18.8 Å². The third kappa shape index (κ3) is 4.32. The van der Waals surface area contributed by atoms with Crippen LogP contribution in [0, 0.1) is 5.82 Å². The summed E-state index contributed by atoms with van der Waals surface area (Å²) in [7, 11) is 0. The van der Waals surface area contributed by atoms with Gasteiger partial charge in [-0.05, 0) is 18.2 Å². The second-order valence-electron chi connectivity index (χ2n) is 5.40. The summed E-state index contributed by atoms with van der Waals surface area (Å²) in [5, 5.41) is 2.43. The molecule has 0 unspecified atom stereocenters. The van der Waals surface area contributed by atoms with Crippen LogP contribution in [0.1, 0.15) is 0 Å². The van der Waals surface area contributed by atoms with Crippen molar-refractivity contribution in [1.82, 2.24) is 13.7 Å². The molecule has 1 N–H and O–H groups in total. The number of benzene rings is 1. The Morgan fingerprint density at radius 2 is 1.56 bits per heavy atom. The van der Waals surface area contributed by atoms with Gasteiger partial charge in [-0.15, -0.1) is 13.2 Å². The number of nitrogens with zero attached hydrogens (tertiary/aromatic N) is 3. The van der Waals surface area contributed by atoms with E-state index in [0.717, 1.165) is 15.2 Å². The number of allylic oxidation sites excluding steroid dienone is 2. The molecule has 0 spiro atoms. The second kappa shape index (κ2) is 8.45. The maximum atomic E-state index is 13.7. The number of aromatic nitrogens is 3. The quantitative estimate of drug-likeness (QED) is 0.708. The summed E-state index contributed by atoms with van der Waals surface area (Å²) in [5.41, 5.74) is -3.01. The Morgan fingerprint density at radius 1 is 1.04 bits per heavy atom. The Morgan fingerprint density at radius 3 is 2.07 bits per heavy atom. The summed E-state index contributed by atoms with van der Waals surface area (Å²) >= 11 is 5.76. The van der Waals surface area contributed by atoms with Crippen LogP contribution >= 0.6 is 11.6 Å². The van der Waals surface area contributed by atoms with E-state index in [1.54, 1.807) is 0 Å². The first-order chi connectivity index (χ1) is 12.8. The average Bonchev–Trinajstić information content (AvgIpc) is 2.62. The zero-order valence-electron chi connectivity index (χ0n) is 14.2. The minimum Gasteiger partial charge on any atom is -0.322 e. The van der Waals surface area contributed by atoms with Gasteiger partial charge in [0.2, 0.25) is 5.91 Å². The minimum absolute atomic E-state index is 0.153. The Balaban J connectivity index is 2.47. The zero-order chi connectivity index (χ0) is 20.1. The van der Waals surface area contributed by atoms with E-state index in [4.69, 9.17) is 11.6 Å². The van der Waals surface area contributed by atoms with Gasteiger partial charge in [0.15, 0.2) is 0 Å². The molecule has 0 saturated heterocycles. The van der Waals surface area contributed by atoms with Crippen molar-refractivity contribution in [3.05, 3.63) is 85.8 Å². The van der Waals surface area contributed by atoms with Crippen molar-refractivity contribution in [2.45, 2.75) is 19.6 Å². The number of hydrogen-bond acceptors (Lipinski definition) is 4. The summed E-state index contributed by atoms with van der Waals surface area (Å²) in [6.07, 6.45) is 2.61. The van der Waals surface area contributed by atoms with Gasteiger partial charge in [-0.2, -0.15) is 0 Å². The number of carbonyl (C=O) groups excluding carboxylic acids is 1. The number of hydrogen-bond donors (Lipinski definition) is 1. The van der Waals surface area contributed by atoms with Crippen molar-refractivity contribution in [2.24, 2.45) is 0 Å². The highest BCUT2D eigenvalue weighted by atomic mass is 35.5. The fourth-order valence-corrected chi connectivity index (χ4v) is 2.49. The lowest BCUT2D eigenvalue weighted by atomic mass is 10.3. The van der Waals surface area contributed by atoms with Gasteiger partial charge in [-0.3, -0.25) is 4.79 Å². The molecular weight excluding hydrogens is 379 g/mol. The fourth-order valence-electron chi connectivity index (χ4n) is 2.32. The van der Waals surface area contributed by atoms with Gasteiger partial charge >= 0.3 is 17.1 Å². The molecule has 0 aliphatic carbocycles. The summed E-state index contributed by atoms with van der Waals surface area (Å²) < 4.78 is 15.8. The van der Waals surface area contributed by atoms with E-state index in [-0.39, 0.29) is 23.8 Å². The number of halogens is 2. The molecule has 2 aromatic rings. The second-order valence-corrected chi connectivity index (χ2v) is 5.84. The van der Waals surface area contributed by atoms with Gasteiger partial charge in [-0.1, -0.05) is 23.8 Å². The molecule has 1 aromatic carbocycles. The van der Waals surface area contributed by atoms with Crippen molar-refractivity contribution in [3.63, 3.8) is 0 Å². The van der Waals surface area contributed by atoms with Crippen LogP contribution in [0.4, 0.5) is 10.1 Å². The van der Waals surface area contributed by atoms with Crippen molar-refractivity contribution in [1.29, 1.82) is 0 Å². The smallest absolute Gasteiger partial charge is 0.322 e. The number of anilines is 1. The highest BCUT2D eigenvalue weighted by Crippen LogP contribution is 2.19. The van der Waals surface area contributed by atoms with E-state index >= 15 is 0 Å². The largest absolute Gasteiger partial charge is 0.337 e. The Labute approximate surface area is 157 Å². The molecule has 0 atom stereocenters. The number of nitrogens with one attached hydrogen (secondary N) is 1. The third-order valence-corrected chi connectivity index (χ3v) is 3.75. The topological polar surface area (TPSA) is 95.1 Å². The summed E-state index contributed by atoms with van der Waals surface area (Å²) in [6.45, 7) is 5.87. The molecule has 142 valence electrons. The molecule has 0 saturated carbocycles. The molecule has 0 radical (unpaired) electrons. The Bertz CT molecular complexity index is 1040. The molecule has 8 nitrogen and oxygen atoms in total. The maximum Gasteiger partial charge on any atom is 0.337 e. The molecule has 27 heavy (non-hydrogen) atoms. The van der Waals surface area contributed by atoms with Crippen LogP contribution in [-0.2, 0) is 24.4 Å². The van der Waals surface area contributed by atoms with Crippen LogP contribution in [0.15, 0.2) is 57.9 Å². The fraction of sp³-hybridized carbons (Fsp3) is 0.176. The van der Waals surface area contributed by atoms with Gasteiger partial charge in [0, 0.05) is 5.02 Å². The molecule has 1 amide bonds. The van der Waals surface area contributed by atoms with E-state index in [2.05, 4.69) is 18.5 Å². The predicted octanol–water partition coefficient (Wildman–Crippen LogP) is 0.975. The lowest BCUT2D eigenvalue weighted by Gasteiger charge is -2.12. The van der Waals surface area contributed by atoms with Crippen molar-refractivity contribution in [3.8, 4) is 0 Å². The maximum absolute atomic E-state index is 13.7. The van der Waals surface area contributed by atoms with Gasteiger partial charge in [0.1, 0.15) is 12.4 Å². The number of rotatable bonds is 7. The molecule has 0 aliphatic heterocycles. The van der Waals surface area contributed by atoms with Crippen molar-refractivity contribution < 1.29 is 9.18 Å². The summed E-state index contributed by atoms with van der Waals surface area (Å²) in [4.78, 5) is 49.3. The van der Waals surface area contributed by atoms with E-state index in [0.29, 0.717) is 4.57 Å². The van der Waals surface area contributed by atoms with Crippen molar-refractivity contribution >= 4 is 23.2 Å². The van der Waals surface area contributed by atoms with Crippen LogP contribution in [0.25, 0.3) is 0 Å². The minimum atomic E-state index is -0.980.